The number of aromatic amines is 1. The second-order valence-electron chi connectivity index (χ2n) is 7.36. The summed E-state index contributed by atoms with van der Waals surface area (Å²) >= 11 is 0. The molecule has 5 rings (SSSR count). The van der Waals surface area contributed by atoms with Crippen molar-refractivity contribution in [3.05, 3.63) is 59.7 Å². The Kier molecular flexibility index (Phi) is 4.83. The number of aliphatic hydroxyl groups is 1. The molecule has 158 valence electrons. The summed E-state index contributed by atoms with van der Waals surface area (Å²) in [6.45, 7) is 0.396. The van der Waals surface area contributed by atoms with E-state index in [0.29, 0.717) is 24.2 Å². The third-order valence-corrected chi connectivity index (χ3v) is 5.29. The summed E-state index contributed by atoms with van der Waals surface area (Å²) in [6, 6.07) is 10.3. The van der Waals surface area contributed by atoms with Crippen LogP contribution in [0.5, 0.6) is 0 Å². The van der Waals surface area contributed by atoms with Gasteiger partial charge >= 0.3 is 6.09 Å². The molecule has 0 radical (unpaired) electrons. The molecule has 31 heavy (non-hydrogen) atoms. The topological polar surface area (TPSA) is 116 Å². The molecule has 2 aliphatic heterocycles. The van der Waals surface area contributed by atoms with Crippen LogP contribution in [0.4, 0.5) is 20.6 Å². The van der Waals surface area contributed by atoms with Crippen LogP contribution < -0.4 is 10.2 Å². The first kappa shape index (κ1) is 19.2. The van der Waals surface area contributed by atoms with E-state index in [-0.39, 0.29) is 13.2 Å². The van der Waals surface area contributed by atoms with Gasteiger partial charge in [-0.3, -0.25) is 9.89 Å². The number of hydrogen-bond donors (Lipinski definition) is 3. The van der Waals surface area contributed by atoms with Crippen molar-refractivity contribution < 1.29 is 19.0 Å². The van der Waals surface area contributed by atoms with Crippen LogP contribution in [0.15, 0.2) is 47.6 Å². The van der Waals surface area contributed by atoms with Gasteiger partial charge in [0.05, 0.1) is 43.7 Å². The number of hydrogen-bond acceptors (Lipinski definition) is 7. The normalized spacial score (nSPS) is 17.7. The number of carbonyl (C=O) groups excluding carboxylic acids is 1. The molecule has 1 unspecified atom stereocenters. The molecule has 0 saturated carbocycles. The zero-order chi connectivity index (χ0) is 21.4. The number of anilines is 2. The Morgan fingerprint density at radius 3 is 2.90 bits per heavy atom. The molecule has 1 fully saturated rings. The molecule has 9 nitrogen and oxygen atoms in total. The first-order chi connectivity index (χ1) is 15.1. The first-order valence-electron chi connectivity index (χ1n) is 9.77. The predicted molar refractivity (Wildman–Crippen MR) is 111 cm³/mol. The van der Waals surface area contributed by atoms with Crippen molar-refractivity contribution in [3.8, 4) is 11.1 Å². The highest BCUT2D eigenvalue weighted by Gasteiger charge is 2.32. The van der Waals surface area contributed by atoms with Gasteiger partial charge in [0.15, 0.2) is 0 Å². The second-order valence-corrected chi connectivity index (χ2v) is 7.36. The van der Waals surface area contributed by atoms with Crippen molar-refractivity contribution in [2.75, 3.05) is 23.4 Å². The molecular formula is C21H19FN6O3. The lowest BCUT2D eigenvalue weighted by molar-refractivity contribution is 0.0963. The van der Waals surface area contributed by atoms with Gasteiger partial charge in [0.25, 0.3) is 0 Å². The maximum absolute atomic E-state index is 14.9. The summed E-state index contributed by atoms with van der Waals surface area (Å²) in [5.41, 5.74) is 4.21. The number of nitrogens with one attached hydrogen (secondary N) is 2. The number of amidine groups is 1. The minimum Gasteiger partial charge on any atom is -0.441 e. The Balaban J connectivity index is 1.35. The third-order valence-electron chi connectivity index (χ3n) is 5.29. The van der Waals surface area contributed by atoms with Crippen LogP contribution in [0.1, 0.15) is 11.3 Å². The van der Waals surface area contributed by atoms with Gasteiger partial charge in [0.2, 0.25) is 0 Å². The Labute approximate surface area is 176 Å². The fourth-order valence-electron chi connectivity index (χ4n) is 3.71. The number of aromatic nitrogens is 3. The molecule has 1 amide bonds. The number of benzene rings is 2. The highest BCUT2D eigenvalue weighted by Crippen LogP contribution is 2.32. The zero-order valence-electron chi connectivity index (χ0n) is 16.4. The van der Waals surface area contributed by atoms with E-state index in [0.717, 1.165) is 28.3 Å². The van der Waals surface area contributed by atoms with E-state index in [9.17, 15) is 14.3 Å². The quantitative estimate of drug-likeness (QED) is 0.582. The summed E-state index contributed by atoms with van der Waals surface area (Å²) in [4.78, 5) is 17.8. The Bertz CT molecular complexity index is 1160. The van der Waals surface area contributed by atoms with Crippen molar-refractivity contribution in [2.45, 2.75) is 19.1 Å². The van der Waals surface area contributed by atoms with E-state index >= 15 is 0 Å². The van der Waals surface area contributed by atoms with Gasteiger partial charge in [-0.25, -0.2) is 9.18 Å². The summed E-state index contributed by atoms with van der Waals surface area (Å²) < 4.78 is 19.9. The fraction of sp³-hybridized carbons (Fsp3) is 0.238. The van der Waals surface area contributed by atoms with E-state index in [1.54, 1.807) is 18.3 Å². The van der Waals surface area contributed by atoms with E-state index in [4.69, 9.17) is 4.74 Å². The lowest BCUT2D eigenvalue weighted by atomic mass is 10.00. The summed E-state index contributed by atoms with van der Waals surface area (Å²) in [7, 11) is 0. The van der Waals surface area contributed by atoms with Crippen LogP contribution in [0, 0.1) is 5.82 Å². The number of carbonyl (C=O) groups is 1. The van der Waals surface area contributed by atoms with Gasteiger partial charge in [-0.1, -0.05) is 6.07 Å². The molecule has 0 spiro atoms. The van der Waals surface area contributed by atoms with Crippen LogP contribution in [0.25, 0.3) is 11.1 Å². The lowest BCUT2D eigenvalue weighted by Crippen LogP contribution is -2.25. The number of amides is 1. The van der Waals surface area contributed by atoms with Crippen molar-refractivity contribution in [1.29, 1.82) is 0 Å². The first-order valence-corrected chi connectivity index (χ1v) is 9.77. The maximum Gasteiger partial charge on any atom is 0.414 e. The predicted octanol–water partition coefficient (Wildman–Crippen LogP) is 2.49. The number of cyclic esters (lactones) is 1. The third kappa shape index (κ3) is 3.73. The fourth-order valence-corrected chi connectivity index (χ4v) is 3.71. The highest BCUT2D eigenvalue weighted by molar-refractivity contribution is 5.99. The van der Waals surface area contributed by atoms with Crippen molar-refractivity contribution in [1.82, 2.24) is 15.4 Å². The summed E-state index contributed by atoms with van der Waals surface area (Å²) in [5, 5.41) is 22.9. The molecule has 2 aliphatic rings. The molecule has 1 saturated heterocycles. The van der Waals surface area contributed by atoms with Gasteiger partial charge in [-0.15, -0.1) is 0 Å². The maximum atomic E-state index is 14.9. The number of nitrogens with zero attached hydrogens (tertiary/aromatic N) is 4. The molecule has 3 heterocycles. The summed E-state index contributed by atoms with van der Waals surface area (Å²) in [5.74, 6) is 0.347. The van der Waals surface area contributed by atoms with Crippen LogP contribution in [0.3, 0.4) is 0 Å². The van der Waals surface area contributed by atoms with Crippen molar-refractivity contribution in [2.24, 2.45) is 4.99 Å². The molecule has 3 aromatic rings. The largest absolute Gasteiger partial charge is 0.441 e. The van der Waals surface area contributed by atoms with Gasteiger partial charge in [0.1, 0.15) is 17.8 Å². The van der Waals surface area contributed by atoms with Crippen LogP contribution in [-0.4, -0.2) is 51.7 Å². The molecule has 0 bridgehead atoms. The van der Waals surface area contributed by atoms with E-state index in [1.807, 2.05) is 18.2 Å². The number of ether oxygens (including phenoxy) is 1. The molecular weight excluding hydrogens is 403 g/mol. The van der Waals surface area contributed by atoms with Crippen molar-refractivity contribution >= 4 is 23.3 Å². The smallest absolute Gasteiger partial charge is 0.414 e. The lowest BCUT2D eigenvalue weighted by Gasteiger charge is -2.19. The van der Waals surface area contributed by atoms with Gasteiger partial charge in [-0.05, 0) is 41.5 Å². The minimum atomic E-state index is -0.599. The SMILES string of the molecule is O=C1OC(CO)CN1c1ccc(-c2ccc3c(c2)CN=C(Cc2cn[nH]n2)N3)c(F)c1. The number of halogens is 1. The second kappa shape index (κ2) is 7.80. The number of H-pyrrole nitrogens is 1. The van der Waals surface area contributed by atoms with Gasteiger partial charge in [0, 0.05) is 11.3 Å². The number of fused-ring (bicyclic) bond motifs is 1. The number of rotatable bonds is 5. The Morgan fingerprint density at radius 2 is 2.16 bits per heavy atom. The van der Waals surface area contributed by atoms with Crippen LogP contribution in [0.2, 0.25) is 0 Å². The number of aliphatic hydroxyl groups excluding tert-OH is 1. The molecule has 1 aromatic heterocycles. The van der Waals surface area contributed by atoms with Gasteiger partial charge < -0.3 is 15.2 Å². The summed E-state index contributed by atoms with van der Waals surface area (Å²) in [6.07, 6.45) is 1.01. The highest BCUT2D eigenvalue weighted by atomic mass is 19.1. The monoisotopic (exact) mass is 422 g/mol. The number of aliphatic imine (C=N–C) groups is 1. The molecule has 10 heteroatoms. The molecule has 3 N–H and O–H groups in total. The van der Waals surface area contributed by atoms with E-state index in [1.165, 1.54) is 11.0 Å². The minimum absolute atomic E-state index is 0.188. The van der Waals surface area contributed by atoms with E-state index < -0.39 is 18.0 Å². The van der Waals surface area contributed by atoms with Crippen molar-refractivity contribution in [3.63, 3.8) is 0 Å². The van der Waals surface area contributed by atoms with Crippen LogP contribution in [-0.2, 0) is 17.7 Å². The standard InChI is InChI=1S/C21H19FN6O3/c22-18-7-15(28-10-16(11-29)31-21(28)30)2-3-17(18)12-1-4-19-13(5-12)8-23-20(25-19)6-14-9-24-27-26-14/h1-5,7,9,16,29H,6,8,10-11H2,(H,23,25)(H,24,26,27). The average molecular weight is 422 g/mol. The van der Waals surface area contributed by atoms with Crippen LogP contribution >= 0.6 is 0 Å². The Hall–Kier alpha value is -3.79. The molecule has 2 aromatic carbocycles. The van der Waals surface area contributed by atoms with E-state index in [2.05, 4.69) is 25.7 Å². The molecule has 0 aliphatic carbocycles. The zero-order valence-corrected chi connectivity index (χ0v) is 16.4. The molecule has 1 atom stereocenters. The van der Waals surface area contributed by atoms with Gasteiger partial charge in [-0.2, -0.15) is 15.4 Å². The Morgan fingerprint density at radius 1 is 1.26 bits per heavy atom. The average Bonchev–Trinajstić information content (AvgIpc) is 3.42.